The summed E-state index contributed by atoms with van der Waals surface area (Å²) >= 11 is 0. The number of alkyl halides is 1. The fourth-order valence-electron chi connectivity index (χ4n) is 1.92. The zero-order chi connectivity index (χ0) is 17.7. The second-order valence-corrected chi connectivity index (χ2v) is 6.51. The maximum atomic E-state index is 14.3. The molecule has 0 atom stereocenters. The van der Waals surface area contributed by atoms with Crippen LogP contribution in [0.4, 0.5) is 9.18 Å². The highest BCUT2D eigenvalue weighted by molar-refractivity contribution is 5.87. The molecule has 130 valence electrons. The highest BCUT2D eigenvalue weighted by atomic mass is 19.1. The molecular weight excluding hydrogens is 305 g/mol. The summed E-state index contributed by atoms with van der Waals surface area (Å²) in [5, 5.41) is 4.91. The summed E-state index contributed by atoms with van der Waals surface area (Å²) in [5.74, 6) is -0.742. The number of nitrogens with zero attached hydrogens (tertiary/aromatic N) is 1. The van der Waals surface area contributed by atoms with Gasteiger partial charge in [-0.25, -0.2) is 9.18 Å². The molecule has 1 fully saturated rings. The Morgan fingerprint density at radius 2 is 1.91 bits per heavy atom. The number of halogens is 1. The molecule has 23 heavy (non-hydrogen) atoms. The topological polar surface area (TPSA) is 87.7 Å². The Hall–Kier alpha value is -2.12. The standard InChI is InChI=1S/C15H24FN3O4/c1-5-11(20)17-7-6-12(21)18-8-15(16)9-19(10-15)13(22)23-14(2,3)4/h5H,1,6-10H2,2-4H3,(H,17,20)(H,18,21). The van der Waals surface area contributed by atoms with E-state index >= 15 is 0 Å². The summed E-state index contributed by atoms with van der Waals surface area (Å²) < 4.78 is 19.4. The van der Waals surface area contributed by atoms with E-state index in [9.17, 15) is 18.8 Å². The molecule has 0 aromatic rings. The Balaban J connectivity index is 2.24. The van der Waals surface area contributed by atoms with E-state index in [-0.39, 0.29) is 44.4 Å². The first-order valence-electron chi connectivity index (χ1n) is 7.38. The minimum atomic E-state index is -1.64. The number of hydrogen-bond acceptors (Lipinski definition) is 4. The third-order valence-corrected chi connectivity index (χ3v) is 3.04. The zero-order valence-corrected chi connectivity index (χ0v) is 13.8. The second-order valence-electron chi connectivity index (χ2n) is 6.51. The fraction of sp³-hybridized carbons (Fsp3) is 0.667. The SMILES string of the molecule is C=CC(=O)NCCC(=O)NCC1(F)CN(C(=O)OC(C)(C)C)C1. The van der Waals surface area contributed by atoms with Gasteiger partial charge < -0.3 is 20.3 Å². The molecule has 0 unspecified atom stereocenters. The van der Waals surface area contributed by atoms with Gasteiger partial charge in [-0.1, -0.05) is 6.58 Å². The van der Waals surface area contributed by atoms with Crippen LogP contribution in [-0.4, -0.2) is 60.3 Å². The Bertz CT molecular complexity index is 482. The summed E-state index contributed by atoms with van der Waals surface area (Å²) in [6, 6.07) is 0. The molecule has 1 aliphatic heterocycles. The number of ether oxygens (including phenoxy) is 1. The lowest BCUT2D eigenvalue weighted by Gasteiger charge is -2.44. The molecule has 0 aliphatic carbocycles. The van der Waals surface area contributed by atoms with E-state index in [0.29, 0.717) is 0 Å². The number of amides is 3. The average molecular weight is 329 g/mol. The van der Waals surface area contributed by atoms with Crippen molar-refractivity contribution in [3.63, 3.8) is 0 Å². The summed E-state index contributed by atoms with van der Waals surface area (Å²) in [4.78, 5) is 35.4. The molecule has 0 bridgehead atoms. The van der Waals surface area contributed by atoms with E-state index in [1.54, 1.807) is 20.8 Å². The number of hydrogen-bond donors (Lipinski definition) is 2. The van der Waals surface area contributed by atoms with Gasteiger partial charge in [0.25, 0.3) is 0 Å². The predicted molar refractivity (Wildman–Crippen MR) is 82.5 cm³/mol. The van der Waals surface area contributed by atoms with Crippen molar-refractivity contribution in [3.05, 3.63) is 12.7 Å². The van der Waals surface area contributed by atoms with Crippen LogP contribution in [0.25, 0.3) is 0 Å². The number of nitrogens with one attached hydrogen (secondary N) is 2. The van der Waals surface area contributed by atoms with E-state index in [4.69, 9.17) is 4.74 Å². The van der Waals surface area contributed by atoms with Gasteiger partial charge in [-0.2, -0.15) is 0 Å². The zero-order valence-electron chi connectivity index (χ0n) is 13.8. The first kappa shape index (κ1) is 18.9. The van der Waals surface area contributed by atoms with E-state index in [0.717, 1.165) is 6.08 Å². The van der Waals surface area contributed by atoms with Crippen molar-refractivity contribution < 1.29 is 23.5 Å². The van der Waals surface area contributed by atoms with Gasteiger partial charge in [0.15, 0.2) is 5.67 Å². The molecule has 0 radical (unpaired) electrons. The molecule has 0 aromatic heterocycles. The molecule has 1 aliphatic rings. The lowest BCUT2D eigenvalue weighted by Crippen LogP contribution is -2.65. The summed E-state index contributed by atoms with van der Waals surface area (Å²) in [6.07, 6.45) is 0.587. The Morgan fingerprint density at radius 1 is 1.30 bits per heavy atom. The molecule has 1 saturated heterocycles. The van der Waals surface area contributed by atoms with Crippen LogP contribution in [0.15, 0.2) is 12.7 Å². The van der Waals surface area contributed by atoms with Crippen LogP contribution in [0, 0.1) is 0 Å². The number of carbonyl (C=O) groups excluding carboxylic acids is 3. The van der Waals surface area contributed by atoms with E-state index in [2.05, 4.69) is 17.2 Å². The molecule has 8 heteroatoms. The number of likely N-dealkylation sites (tertiary alicyclic amines) is 1. The monoisotopic (exact) mass is 329 g/mol. The highest BCUT2D eigenvalue weighted by Crippen LogP contribution is 2.26. The van der Waals surface area contributed by atoms with E-state index < -0.39 is 17.4 Å². The van der Waals surface area contributed by atoms with Crippen molar-refractivity contribution >= 4 is 17.9 Å². The third kappa shape index (κ3) is 6.66. The lowest BCUT2D eigenvalue weighted by atomic mass is 9.97. The molecule has 0 spiro atoms. The second kappa shape index (κ2) is 7.43. The third-order valence-electron chi connectivity index (χ3n) is 3.04. The lowest BCUT2D eigenvalue weighted by molar-refractivity contribution is -0.123. The van der Waals surface area contributed by atoms with Crippen LogP contribution < -0.4 is 10.6 Å². The van der Waals surface area contributed by atoms with Crippen LogP contribution in [0.1, 0.15) is 27.2 Å². The summed E-state index contributed by atoms with van der Waals surface area (Å²) in [7, 11) is 0. The fourth-order valence-corrected chi connectivity index (χ4v) is 1.92. The van der Waals surface area contributed by atoms with Crippen LogP contribution in [-0.2, 0) is 14.3 Å². The van der Waals surface area contributed by atoms with Gasteiger partial charge in [-0.05, 0) is 26.8 Å². The largest absolute Gasteiger partial charge is 0.444 e. The molecule has 2 N–H and O–H groups in total. The van der Waals surface area contributed by atoms with Gasteiger partial charge in [0.2, 0.25) is 11.8 Å². The van der Waals surface area contributed by atoms with Crippen molar-refractivity contribution in [1.82, 2.24) is 15.5 Å². The Morgan fingerprint density at radius 3 is 2.43 bits per heavy atom. The Kier molecular flexibility index (Phi) is 6.12. The molecule has 7 nitrogen and oxygen atoms in total. The molecule has 3 amide bonds. The van der Waals surface area contributed by atoms with Gasteiger partial charge in [0.05, 0.1) is 19.6 Å². The van der Waals surface area contributed by atoms with Crippen LogP contribution in [0.5, 0.6) is 0 Å². The first-order chi connectivity index (χ1) is 10.5. The maximum Gasteiger partial charge on any atom is 0.410 e. The first-order valence-corrected chi connectivity index (χ1v) is 7.38. The minimum Gasteiger partial charge on any atom is -0.444 e. The average Bonchev–Trinajstić information content (AvgIpc) is 2.39. The van der Waals surface area contributed by atoms with E-state index in [1.807, 2.05) is 0 Å². The number of carbonyl (C=O) groups is 3. The van der Waals surface area contributed by atoms with Gasteiger partial charge in [-0.3, -0.25) is 9.59 Å². The molecular formula is C15H24FN3O4. The van der Waals surface area contributed by atoms with Crippen LogP contribution in [0.3, 0.4) is 0 Å². The molecule has 1 heterocycles. The molecule has 0 aromatic carbocycles. The summed E-state index contributed by atoms with van der Waals surface area (Å²) in [6.45, 7) is 8.23. The van der Waals surface area contributed by atoms with Gasteiger partial charge in [0, 0.05) is 13.0 Å². The smallest absolute Gasteiger partial charge is 0.410 e. The highest BCUT2D eigenvalue weighted by Gasteiger charge is 2.47. The maximum absolute atomic E-state index is 14.3. The summed E-state index contributed by atoms with van der Waals surface area (Å²) in [5.41, 5.74) is -2.27. The molecule has 1 rings (SSSR count). The Labute approximate surface area is 135 Å². The van der Waals surface area contributed by atoms with Gasteiger partial charge >= 0.3 is 6.09 Å². The number of rotatable bonds is 6. The van der Waals surface area contributed by atoms with Gasteiger partial charge in [0.1, 0.15) is 5.60 Å². The normalized spacial score (nSPS) is 16.1. The van der Waals surface area contributed by atoms with Crippen molar-refractivity contribution in [2.24, 2.45) is 0 Å². The van der Waals surface area contributed by atoms with Crippen molar-refractivity contribution in [1.29, 1.82) is 0 Å². The molecule has 0 saturated carbocycles. The van der Waals surface area contributed by atoms with Crippen molar-refractivity contribution in [2.75, 3.05) is 26.2 Å². The predicted octanol–water partition coefficient (Wildman–Crippen LogP) is 0.754. The van der Waals surface area contributed by atoms with Crippen molar-refractivity contribution in [2.45, 2.75) is 38.5 Å². The quantitative estimate of drug-likeness (QED) is 0.704. The van der Waals surface area contributed by atoms with Crippen LogP contribution in [0.2, 0.25) is 0 Å². The van der Waals surface area contributed by atoms with Crippen LogP contribution >= 0.6 is 0 Å². The van der Waals surface area contributed by atoms with Gasteiger partial charge in [-0.15, -0.1) is 0 Å². The minimum absolute atomic E-state index is 0.0471. The van der Waals surface area contributed by atoms with E-state index in [1.165, 1.54) is 4.90 Å². The van der Waals surface area contributed by atoms with Crippen molar-refractivity contribution in [3.8, 4) is 0 Å².